The number of hydrogen-bond acceptors (Lipinski definition) is 3. The standard InChI is InChI=1S/C17H15ClN4O/c18-15-3-1-2-13(10-15)6-7-20-17(23)14-4-5-16(21-11-14)22-9-8-19-12-22/h1-5,8-12H,6-7H2,(H,20,23). The number of nitrogens with one attached hydrogen (secondary N) is 1. The van der Waals surface area contributed by atoms with Crippen molar-refractivity contribution in [3.8, 4) is 5.82 Å². The zero-order chi connectivity index (χ0) is 16.1. The zero-order valence-electron chi connectivity index (χ0n) is 12.3. The summed E-state index contributed by atoms with van der Waals surface area (Å²) in [6.07, 6.45) is 7.43. The average molecular weight is 327 g/mol. The van der Waals surface area contributed by atoms with E-state index in [1.165, 1.54) is 0 Å². The zero-order valence-corrected chi connectivity index (χ0v) is 13.1. The molecule has 0 radical (unpaired) electrons. The van der Waals surface area contributed by atoms with Crippen molar-refractivity contribution in [2.24, 2.45) is 0 Å². The number of pyridine rings is 1. The maximum atomic E-state index is 12.1. The van der Waals surface area contributed by atoms with Gasteiger partial charge in [0, 0.05) is 30.2 Å². The number of benzene rings is 1. The molecular formula is C17H15ClN4O. The molecule has 0 aliphatic carbocycles. The molecule has 2 heterocycles. The number of imidazole rings is 1. The van der Waals surface area contributed by atoms with Gasteiger partial charge in [-0.25, -0.2) is 9.97 Å². The van der Waals surface area contributed by atoms with E-state index in [1.54, 1.807) is 41.6 Å². The van der Waals surface area contributed by atoms with Crippen LogP contribution in [0.25, 0.3) is 5.82 Å². The molecule has 23 heavy (non-hydrogen) atoms. The summed E-state index contributed by atoms with van der Waals surface area (Å²) in [5.74, 6) is 0.578. The molecule has 0 unspecified atom stereocenters. The normalized spacial score (nSPS) is 10.5. The van der Waals surface area contributed by atoms with E-state index in [1.807, 2.05) is 24.3 Å². The summed E-state index contributed by atoms with van der Waals surface area (Å²) in [6.45, 7) is 0.544. The van der Waals surface area contributed by atoms with E-state index in [0.29, 0.717) is 17.1 Å². The molecule has 2 aromatic heterocycles. The molecule has 1 amide bonds. The van der Waals surface area contributed by atoms with Crippen molar-refractivity contribution in [3.05, 3.63) is 77.5 Å². The SMILES string of the molecule is O=C(NCCc1cccc(Cl)c1)c1ccc(-n2ccnc2)nc1. The van der Waals surface area contributed by atoms with Crippen molar-refractivity contribution in [1.82, 2.24) is 19.9 Å². The third-order valence-electron chi connectivity index (χ3n) is 3.37. The number of hydrogen-bond donors (Lipinski definition) is 1. The van der Waals surface area contributed by atoms with Gasteiger partial charge in [-0.3, -0.25) is 9.36 Å². The number of nitrogens with zero attached hydrogens (tertiary/aromatic N) is 3. The van der Waals surface area contributed by atoms with Crippen molar-refractivity contribution in [1.29, 1.82) is 0 Å². The summed E-state index contributed by atoms with van der Waals surface area (Å²) >= 11 is 5.94. The van der Waals surface area contributed by atoms with Crippen LogP contribution in [-0.4, -0.2) is 27.0 Å². The van der Waals surface area contributed by atoms with Crippen LogP contribution in [-0.2, 0) is 6.42 Å². The molecule has 0 aliphatic rings. The quantitative estimate of drug-likeness (QED) is 0.784. The smallest absolute Gasteiger partial charge is 0.252 e. The van der Waals surface area contributed by atoms with Crippen LogP contribution in [0.15, 0.2) is 61.3 Å². The van der Waals surface area contributed by atoms with Gasteiger partial charge >= 0.3 is 0 Å². The van der Waals surface area contributed by atoms with E-state index < -0.39 is 0 Å². The molecule has 6 heteroatoms. The fraction of sp³-hybridized carbons (Fsp3) is 0.118. The molecule has 1 aromatic carbocycles. The van der Waals surface area contributed by atoms with Gasteiger partial charge in [0.2, 0.25) is 0 Å². The first-order valence-corrected chi connectivity index (χ1v) is 7.57. The summed E-state index contributed by atoms with van der Waals surface area (Å²) < 4.78 is 1.78. The summed E-state index contributed by atoms with van der Waals surface area (Å²) in [6, 6.07) is 11.1. The van der Waals surface area contributed by atoms with E-state index in [2.05, 4.69) is 15.3 Å². The average Bonchev–Trinajstić information content (AvgIpc) is 3.09. The number of halogens is 1. The monoisotopic (exact) mass is 326 g/mol. The largest absolute Gasteiger partial charge is 0.352 e. The number of carbonyl (C=O) groups excluding carboxylic acids is 1. The van der Waals surface area contributed by atoms with Crippen molar-refractivity contribution >= 4 is 17.5 Å². The molecule has 5 nitrogen and oxygen atoms in total. The molecule has 0 spiro atoms. The predicted octanol–water partition coefficient (Wildman–Crippen LogP) is 2.89. The van der Waals surface area contributed by atoms with Crippen LogP contribution < -0.4 is 5.32 Å². The lowest BCUT2D eigenvalue weighted by molar-refractivity contribution is 0.0954. The molecule has 116 valence electrons. The van der Waals surface area contributed by atoms with E-state index in [-0.39, 0.29) is 5.91 Å². The Bertz CT molecular complexity index is 785. The third kappa shape index (κ3) is 3.96. The van der Waals surface area contributed by atoms with Gasteiger partial charge in [0.25, 0.3) is 5.91 Å². The molecule has 0 aliphatic heterocycles. The van der Waals surface area contributed by atoms with Gasteiger partial charge in [-0.1, -0.05) is 23.7 Å². The lowest BCUT2D eigenvalue weighted by atomic mass is 10.1. The highest BCUT2D eigenvalue weighted by atomic mass is 35.5. The summed E-state index contributed by atoms with van der Waals surface area (Å²) in [5, 5.41) is 3.58. The summed E-state index contributed by atoms with van der Waals surface area (Å²) in [4.78, 5) is 20.3. The van der Waals surface area contributed by atoms with E-state index in [0.717, 1.165) is 17.8 Å². The Morgan fingerprint density at radius 3 is 2.87 bits per heavy atom. The van der Waals surface area contributed by atoms with E-state index in [4.69, 9.17) is 11.6 Å². The van der Waals surface area contributed by atoms with Crippen molar-refractivity contribution in [2.45, 2.75) is 6.42 Å². The Kier molecular flexibility index (Phi) is 4.68. The summed E-state index contributed by atoms with van der Waals surface area (Å²) in [7, 11) is 0. The molecule has 3 aromatic rings. The topological polar surface area (TPSA) is 59.8 Å². The molecule has 0 saturated heterocycles. The Morgan fingerprint density at radius 1 is 1.26 bits per heavy atom. The van der Waals surface area contributed by atoms with Gasteiger partial charge in [0.05, 0.1) is 5.56 Å². The minimum Gasteiger partial charge on any atom is -0.352 e. The van der Waals surface area contributed by atoms with Crippen molar-refractivity contribution in [3.63, 3.8) is 0 Å². The van der Waals surface area contributed by atoms with E-state index in [9.17, 15) is 4.79 Å². The van der Waals surface area contributed by atoms with E-state index >= 15 is 0 Å². The molecule has 1 N–H and O–H groups in total. The molecule has 0 bridgehead atoms. The maximum Gasteiger partial charge on any atom is 0.252 e. The van der Waals surface area contributed by atoms with Crippen LogP contribution in [0.4, 0.5) is 0 Å². The molecule has 3 rings (SSSR count). The number of aromatic nitrogens is 3. The highest BCUT2D eigenvalue weighted by molar-refractivity contribution is 6.30. The van der Waals surface area contributed by atoms with Gasteiger partial charge in [-0.15, -0.1) is 0 Å². The Labute approximate surface area is 139 Å². The Morgan fingerprint density at radius 2 is 2.17 bits per heavy atom. The number of carbonyl (C=O) groups is 1. The van der Waals surface area contributed by atoms with Crippen molar-refractivity contribution < 1.29 is 4.79 Å². The highest BCUT2D eigenvalue weighted by Crippen LogP contribution is 2.11. The first-order chi connectivity index (χ1) is 11.2. The highest BCUT2D eigenvalue weighted by Gasteiger charge is 2.06. The minimum absolute atomic E-state index is 0.142. The lowest BCUT2D eigenvalue weighted by Gasteiger charge is -2.06. The Hall–Kier alpha value is -2.66. The third-order valence-corrected chi connectivity index (χ3v) is 3.60. The second-order valence-corrected chi connectivity index (χ2v) is 5.45. The van der Waals surface area contributed by atoms with Gasteiger partial charge in [0.15, 0.2) is 0 Å². The van der Waals surface area contributed by atoms with Crippen LogP contribution in [0, 0.1) is 0 Å². The van der Waals surface area contributed by atoms with Gasteiger partial charge in [-0.2, -0.15) is 0 Å². The van der Waals surface area contributed by atoms with Crippen molar-refractivity contribution in [2.75, 3.05) is 6.54 Å². The second kappa shape index (κ2) is 7.07. The van der Waals surface area contributed by atoms with Crippen LogP contribution in [0.2, 0.25) is 5.02 Å². The molecular weight excluding hydrogens is 312 g/mol. The number of amides is 1. The van der Waals surface area contributed by atoms with Crippen LogP contribution in [0.3, 0.4) is 0 Å². The molecule has 0 saturated carbocycles. The maximum absolute atomic E-state index is 12.1. The summed E-state index contributed by atoms with van der Waals surface area (Å²) in [5.41, 5.74) is 1.62. The molecule has 0 fully saturated rings. The van der Waals surface area contributed by atoms with Crippen LogP contribution in [0.5, 0.6) is 0 Å². The molecule has 0 atom stereocenters. The first-order valence-electron chi connectivity index (χ1n) is 7.19. The first kappa shape index (κ1) is 15.2. The van der Waals surface area contributed by atoms with Crippen LogP contribution >= 0.6 is 11.6 Å². The minimum atomic E-state index is -0.142. The predicted molar refractivity (Wildman–Crippen MR) is 88.8 cm³/mol. The fourth-order valence-electron chi connectivity index (χ4n) is 2.18. The van der Waals surface area contributed by atoms with Gasteiger partial charge in [-0.05, 0) is 36.2 Å². The Balaban J connectivity index is 1.56. The second-order valence-electron chi connectivity index (χ2n) is 5.01. The van der Waals surface area contributed by atoms with Gasteiger partial charge in [0.1, 0.15) is 12.1 Å². The fourth-order valence-corrected chi connectivity index (χ4v) is 2.40. The number of rotatable bonds is 5. The van der Waals surface area contributed by atoms with Gasteiger partial charge < -0.3 is 5.32 Å². The van der Waals surface area contributed by atoms with Crippen LogP contribution in [0.1, 0.15) is 15.9 Å². The lowest BCUT2D eigenvalue weighted by Crippen LogP contribution is -2.25.